The van der Waals surface area contributed by atoms with Crippen molar-refractivity contribution >= 4 is 5.90 Å². The lowest BCUT2D eigenvalue weighted by Crippen LogP contribution is -2.51. The Morgan fingerprint density at radius 2 is 2.00 bits per heavy atom. The Morgan fingerprint density at radius 1 is 1.22 bits per heavy atom. The Kier molecular flexibility index (Phi) is 5.28. The third-order valence-corrected chi connectivity index (χ3v) is 6.59. The van der Waals surface area contributed by atoms with Gasteiger partial charge in [-0.05, 0) is 43.7 Å². The van der Waals surface area contributed by atoms with Crippen molar-refractivity contribution in [3.05, 3.63) is 23.8 Å². The fraction of sp³-hybridized carbons (Fsp3) is 0.667. The van der Waals surface area contributed by atoms with Crippen molar-refractivity contribution in [3.63, 3.8) is 0 Å². The molecule has 5 atom stereocenters. The first kappa shape index (κ1) is 18.6. The number of aliphatic hydroxyl groups is 1. The van der Waals surface area contributed by atoms with Gasteiger partial charge in [-0.1, -0.05) is 25.3 Å². The third-order valence-electron chi connectivity index (χ3n) is 6.59. The molecule has 2 fully saturated rings. The number of phenolic OH excluding ortho intramolecular Hbond substituents is 2. The molecule has 0 unspecified atom stereocenters. The van der Waals surface area contributed by atoms with E-state index in [9.17, 15) is 15.3 Å². The molecule has 3 N–H and O–H groups in total. The maximum atomic E-state index is 10.8. The number of hydrogen-bond donors (Lipinski definition) is 3. The van der Waals surface area contributed by atoms with Crippen molar-refractivity contribution in [3.8, 4) is 11.5 Å². The molecule has 0 aromatic heterocycles. The summed E-state index contributed by atoms with van der Waals surface area (Å²) in [6.07, 6.45) is 6.01. The van der Waals surface area contributed by atoms with Crippen molar-refractivity contribution in [2.75, 3.05) is 19.7 Å². The number of phenols is 2. The van der Waals surface area contributed by atoms with Crippen LogP contribution in [0.5, 0.6) is 11.5 Å². The maximum Gasteiger partial charge on any atom is 0.220 e. The number of para-hydroxylation sites is 1. The third kappa shape index (κ3) is 3.78. The van der Waals surface area contributed by atoms with Crippen molar-refractivity contribution in [1.29, 1.82) is 0 Å². The number of hydrogen-bond acceptors (Lipinski definition) is 6. The zero-order chi connectivity index (χ0) is 19.0. The largest absolute Gasteiger partial charge is 0.504 e. The molecular formula is C21H30N2O4. The van der Waals surface area contributed by atoms with E-state index < -0.39 is 6.10 Å². The molecule has 4 rings (SSSR count). The Hall–Kier alpha value is -1.79. The number of aliphatic hydroxyl groups excluding tert-OH is 1. The summed E-state index contributed by atoms with van der Waals surface area (Å²) in [5.41, 5.74) is 0.362. The number of β-amino-alcohol motifs (C(OH)–C–C–N with tert-alkyl or cyclic N) is 1. The molecule has 148 valence electrons. The van der Waals surface area contributed by atoms with Gasteiger partial charge in [0.25, 0.3) is 0 Å². The van der Waals surface area contributed by atoms with Crippen LogP contribution in [-0.2, 0) is 4.74 Å². The standard InChI is InChI=1S/C21H30N2O4/c1-13-9-14-5-2-3-6-15(14)10-23(13)11-19(25)17-12-27-21(22-17)16-7-4-8-18(24)20(16)26/h4,7-8,13-15,17,19,24-26H,2-3,5-6,9-12H2,1H3/t13-,14+,15-,17+,19-/m1/s1. The molecular weight excluding hydrogens is 344 g/mol. The predicted molar refractivity (Wildman–Crippen MR) is 103 cm³/mol. The maximum absolute atomic E-state index is 10.8. The molecule has 6 heteroatoms. The topological polar surface area (TPSA) is 85.5 Å². The average molecular weight is 374 g/mol. The fourth-order valence-electron chi connectivity index (χ4n) is 4.96. The zero-order valence-electron chi connectivity index (χ0n) is 15.9. The molecule has 0 spiro atoms. The fourth-order valence-corrected chi connectivity index (χ4v) is 4.96. The number of piperidine rings is 1. The summed E-state index contributed by atoms with van der Waals surface area (Å²) in [7, 11) is 0. The molecule has 2 heterocycles. The number of nitrogens with zero attached hydrogens (tertiary/aromatic N) is 2. The highest BCUT2D eigenvalue weighted by Gasteiger charge is 2.37. The molecule has 1 saturated heterocycles. The average Bonchev–Trinajstić information content (AvgIpc) is 3.14. The van der Waals surface area contributed by atoms with Crippen LogP contribution in [0.25, 0.3) is 0 Å². The Balaban J connectivity index is 1.40. The van der Waals surface area contributed by atoms with Gasteiger partial charge in [-0.25, -0.2) is 4.99 Å². The van der Waals surface area contributed by atoms with E-state index >= 15 is 0 Å². The molecule has 1 aliphatic carbocycles. The summed E-state index contributed by atoms with van der Waals surface area (Å²) < 4.78 is 5.61. The van der Waals surface area contributed by atoms with Crippen molar-refractivity contribution in [2.24, 2.45) is 16.8 Å². The van der Waals surface area contributed by atoms with Gasteiger partial charge in [-0.2, -0.15) is 0 Å². The number of aliphatic imine (C=N–C) groups is 1. The molecule has 1 aromatic rings. The van der Waals surface area contributed by atoms with E-state index in [0.29, 0.717) is 24.8 Å². The van der Waals surface area contributed by atoms with E-state index in [2.05, 4.69) is 16.8 Å². The molecule has 0 bridgehead atoms. The Morgan fingerprint density at radius 3 is 2.81 bits per heavy atom. The van der Waals surface area contributed by atoms with Gasteiger partial charge in [0.15, 0.2) is 11.5 Å². The van der Waals surface area contributed by atoms with Crippen LogP contribution in [0.4, 0.5) is 0 Å². The van der Waals surface area contributed by atoms with E-state index in [0.717, 1.165) is 18.4 Å². The molecule has 2 aliphatic heterocycles. The number of fused-ring (bicyclic) bond motifs is 1. The molecule has 0 amide bonds. The second-order valence-corrected chi connectivity index (χ2v) is 8.40. The summed E-state index contributed by atoms with van der Waals surface area (Å²) in [5.74, 6) is 1.47. The molecule has 0 radical (unpaired) electrons. The van der Waals surface area contributed by atoms with Crippen LogP contribution in [0, 0.1) is 11.8 Å². The Bertz CT molecular complexity index is 707. The summed E-state index contributed by atoms with van der Waals surface area (Å²) in [5, 5.41) is 30.4. The van der Waals surface area contributed by atoms with Crippen LogP contribution in [0.2, 0.25) is 0 Å². The molecule has 1 aromatic carbocycles. The predicted octanol–water partition coefficient (Wildman–Crippen LogP) is 2.50. The van der Waals surface area contributed by atoms with Crippen LogP contribution >= 0.6 is 0 Å². The summed E-state index contributed by atoms with van der Waals surface area (Å²) in [6.45, 7) is 4.23. The smallest absolute Gasteiger partial charge is 0.220 e. The van der Waals surface area contributed by atoms with Gasteiger partial charge in [0.05, 0.1) is 11.7 Å². The normalized spacial score (nSPS) is 32.4. The molecule has 3 aliphatic rings. The first-order chi connectivity index (χ1) is 13.0. The minimum atomic E-state index is -0.607. The number of benzene rings is 1. The van der Waals surface area contributed by atoms with E-state index in [-0.39, 0.29) is 23.4 Å². The van der Waals surface area contributed by atoms with Crippen LogP contribution < -0.4 is 0 Å². The van der Waals surface area contributed by atoms with Crippen LogP contribution in [0.15, 0.2) is 23.2 Å². The van der Waals surface area contributed by atoms with E-state index in [1.54, 1.807) is 12.1 Å². The van der Waals surface area contributed by atoms with Gasteiger partial charge in [0, 0.05) is 19.1 Å². The van der Waals surface area contributed by atoms with Gasteiger partial charge in [-0.15, -0.1) is 0 Å². The summed E-state index contributed by atoms with van der Waals surface area (Å²) in [4.78, 5) is 6.89. The van der Waals surface area contributed by atoms with Gasteiger partial charge in [0.2, 0.25) is 5.90 Å². The second-order valence-electron chi connectivity index (χ2n) is 8.40. The Labute approximate surface area is 160 Å². The lowest BCUT2D eigenvalue weighted by Gasteiger charge is -2.45. The number of aromatic hydroxyl groups is 2. The first-order valence-corrected chi connectivity index (χ1v) is 10.2. The summed E-state index contributed by atoms with van der Waals surface area (Å²) >= 11 is 0. The molecule has 6 nitrogen and oxygen atoms in total. The second kappa shape index (κ2) is 7.68. The highest BCUT2D eigenvalue weighted by atomic mass is 16.5. The van der Waals surface area contributed by atoms with E-state index in [4.69, 9.17) is 4.74 Å². The van der Waals surface area contributed by atoms with Gasteiger partial charge >= 0.3 is 0 Å². The minimum absolute atomic E-state index is 0.202. The quantitative estimate of drug-likeness (QED) is 0.705. The van der Waals surface area contributed by atoms with Crippen LogP contribution in [0.3, 0.4) is 0 Å². The van der Waals surface area contributed by atoms with Crippen LogP contribution in [-0.4, -0.2) is 64.0 Å². The highest BCUT2D eigenvalue weighted by molar-refractivity contribution is 5.98. The molecule has 27 heavy (non-hydrogen) atoms. The zero-order valence-corrected chi connectivity index (χ0v) is 15.9. The first-order valence-electron chi connectivity index (χ1n) is 10.2. The van der Waals surface area contributed by atoms with E-state index in [1.165, 1.54) is 38.2 Å². The SMILES string of the molecule is C[C@@H]1C[C@@H]2CCCC[C@@H]2CN1C[C@@H](O)[C@@H]1COC(c2cccc(O)c2O)=N1. The van der Waals surface area contributed by atoms with Crippen molar-refractivity contribution in [2.45, 2.75) is 57.2 Å². The van der Waals surface area contributed by atoms with Gasteiger partial charge < -0.3 is 20.1 Å². The lowest BCUT2D eigenvalue weighted by atomic mass is 9.73. The molecule has 1 saturated carbocycles. The minimum Gasteiger partial charge on any atom is -0.504 e. The summed E-state index contributed by atoms with van der Waals surface area (Å²) in [6, 6.07) is 4.84. The number of likely N-dealkylation sites (tertiary alicyclic amines) is 1. The monoisotopic (exact) mass is 374 g/mol. The highest BCUT2D eigenvalue weighted by Crippen LogP contribution is 2.38. The van der Waals surface area contributed by atoms with Crippen molar-refractivity contribution in [1.82, 2.24) is 4.90 Å². The lowest BCUT2D eigenvalue weighted by molar-refractivity contribution is 0.00537. The van der Waals surface area contributed by atoms with Crippen molar-refractivity contribution < 1.29 is 20.1 Å². The van der Waals surface area contributed by atoms with Crippen LogP contribution in [0.1, 0.15) is 44.6 Å². The van der Waals surface area contributed by atoms with E-state index in [1.807, 2.05) is 0 Å². The van der Waals surface area contributed by atoms with Gasteiger partial charge in [0.1, 0.15) is 12.6 Å². The number of rotatable bonds is 4. The van der Waals surface area contributed by atoms with Gasteiger partial charge in [-0.3, -0.25) is 4.90 Å². The number of ether oxygens (including phenoxy) is 1.